The standard InChI is InChI=1S/C12H15NO2/c13-6-1-3-10-4-5-11-12(9-10)15-8-2-7-14-11/h1,3-5,9H,2,6-8,13H2/b3-1+. The summed E-state index contributed by atoms with van der Waals surface area (Å²) in [5, 5.41) is 0. The molecule has 1 aliphatic heterocycles. The van der Waals surface area contributed by atoms with E-state index in [1.165, 1.54) is 0 Å². The highest BCUT2D eigenvalue weighted by atomic mass is 16.5. The Kier molecular flexibility index (Phi) is 3.25. The fourth-order valence-corrected chi connectivity index (χ4v) is 1.49. The molecule has 1 aliphatic rings. The molecule has 0 amide bonds. The summed E-state index contributed by atoms with van der Waals surface area (Å²) in [6.07, 6.45) is 4.83. The normalized spacial score (nSPS) is 15.3. The monoisotopic (exact) mass is 205 g/mol. The molecule has 2 rings (SSSR count). The Morgan fingerprint density at radius 2 is 2.00 bits per heavy atom. The SMILES string of the molecule is NC/C=C/c1ccc2c(c1)OCCCO2. The predicted molar refractivity (Wildman–Crippen MR) is 60.1 cm³/mol. The first-order valence-electron chi connectivity index (χ1n) is 5.16. The van der Waals surface area contributed by atoms with Crippen LogP contribution in [0.3, 0.4) is 0 Å². The van der Waals surface area contributed by atoms with Crippen molar-refractivity contribution in [3.8, 4) is 11.5 Å². The van der Waals surface area contributed by atoms with Crippen molar-refractivity contribution in [1.29, 1.82) is 0 Å². The topological polar surface area (TPSA) is 44.5 Å². The van der Waals surface area contributed by atoms with Crippen LogP contribution in [-0.4, -0.2) is 19.8 Å². The van der Waals surface area contributed by atoms with E-state index in [1.54, 1.807) is 0 Å². The van der Waals surface area contributed by atoms with Gasteiger partial charge in [0.05, 0.1) is 13.2 Å². The lowest BCUT2D eigenvalue weighted by Gasteiger charge is -2.07. The van der Waals surface area contributed by atoms with Crippen LogP contribution in [-0.2, 0) is 0 Å². The van der Waals surface area contributed by atoms with Crippen molar-refractivity contribution < 1.29 is 9.47 Å². The second-order valence-corrected chi connectivity index (χ2v) is 3.39. The summed E-state index contributed by atoms with van der Waals surface area (Å²) in [6.45, 7) is 2.00. The van der Waals surface area contributed by atoms with Gasteiger partial charge in [0.1, 0.15) is 0 Å². The molecule has 1 aromatic carbocycles. The highest BCUT2D eigenvalue weighted by molar-refractivity contribution is 5.56. The van der Waals surface area contributed by atoms with Crippen molar-refractivity contribution >= 4 is 6.08 Å². The molecule has 0 bridgehead atoms. The molecule has 15 heavy (non-hydrogen) atoms. The lowest BCUT2D eigenvalue weighted by Crippen LogP contribution is -1.97. The summed E-state index contributed by atoms with van der Waals surface area (Å²) in [4.78, 5) is 0. The Bertz CT molecular complexity index is 361. The maximum atomic E-state index is 5.58. The third-order valence-corrected chi connectivity index (χ3v) is 2.22. The minimum absolute atomic E-state index is 0.550. The summed E-state index contributed by atoms with van der Waals surface area (Å²) >= 11 is 0. The zero-order chi connectivity index (χ0) is 10.5. The van der Waals surface area contributed by atoms with Crippen LogP contribution in [0.1, 0.15) is 12.0 Å². The molecular weight excluding hydrogens is 190 g/mol. The minimum Gasteiger partial charge on any atom is -0.490 e. The number of ether oxygens (including phenoxy) is 2. The Morgan fingerprint density at radius 1 is 1.20 bits per heavy atom. The molecule has 0 saturated carbocycles. The Morgan fingerprint density at radius 3 is 2.80 bits per heavy atom. The predicted octanol–water partition coefficient (Wildman–Crippen LogP) is 1.82. The maximum Gasteiger partial charge on any atom is 0.161 e. The van der Waals surface area contributed by atoms with Crippen molar-refractivity contribution in [3.63, 3.8) is 0 Å². The Labute approximate surface area is 89.5 Å². The van der Waals surface area contributed by atoms with Gasteiger partial charge in [0.2, 0.25) is 0 Å². The first-order valence-corrected chi connectivity index (χ1v) is 5.16. The minimum atomic E-state index is 0.550. The fraction of sp³-hybridized carbons (Fsp3) is 0.333. The van der Waals surface area contributed by atoms with Crippen LogP contribution >= 0.6 is 0 Å². The molecule has 1 aromatic rings. The van der Waals surface area contributed by atoms with E-state index in [0.29, 0.717) is 6.54 Å². The first kappa shape index (κ1) is 10.1. The summed E-state index contributed by atoms with van der Waals surface area (Å²) in [5.41, 5.74) is 6.48. The van der Waals surface area contributed by atoms with Gasteiger partial charge in [0.25, 0.3) is 0 Å². The number of hydrogen-bond donors (Lipinski definition) is 1. The van der Waals surface area contributed by atoms with E-state index >= 15 is 0 Å². The lowest BCUT2D eigenvalue weighted by molar-refractivity contribution is 0.297. The summed E-state index contributed by atoms with van der Waals surface area (Å²) in [5.74, 6) is 1.66. The number of fused-ring (bicyclic) bond motifs is 1. The highest BCUT2D eigenvalue weighted by Crippen LogP contribution is 2.30. The van der Waals surface area contributed by atoms with E-state index in [-0.39, 0.29) is 0 Å². The van der Waals surface area contributed by atoms with Crippen molar-refractivity contribution in [2.75, 3.05) is 19.8 Å². The molecule has 0 spiro atoms. The number of nitrogens with two attached hydrogens (primary N) is 1. The third-order valence-electron chi connectivity index (χ3n) is 2.22. The van der Waals surface area contributed by atoms with E-state index in [1.807, 2.05) is 30.4 Å². The third kappa shape index (κ3) is 2.50. The molecule has 3 heteroatoms. The van der Waals surface area contributed by atoms with Gasteiger partial charge in [-0.15, -0.1) is 0 Å². The average Bonchev–Trinajstić information content (AvgIpc) is 2.50. The molecule has 0 fully saturated rings. The van der Waals surface area contributed by atoms with E-state index < -0.39 is 0 Å². The van der Waals surface area contributed by atoms with Gasteiger partial charge in [0.15, 0.2) is 11.5 Å². The molecule has 0 saturated heterocycles. The zero-order valence-electron chi connectivity index (χ0n) is 8.61. The van der Waals surface area contributed by atoms with Crippen LogP contribution in [0, 0.1) is 0 Å². The molecule has 0 atom stereocenters. The van der Waals surface area contributed by atoms with Crippen LogP contribution in [0.5, 0.6) is 11.5 Å². The van der Waals surface area contributed by atoms with Crippen molar-refractivity contribution in [3.05, 3.63) is 29.8 Å². The quantitative estimate of drug-likeness (QED) is 0.801. The van der Waals surface area contributed by atoms with Gasteiger partial charge in [-0.25, -0.2) is 0 Å². The molecular formula is C12H15NO2. The second kappa shape index (κ2) is 4.84. The van der Waals surface area contributed by atoms with Gasteiger partial charge < -0.3 is 15.2 Å². The lowest BCUT2D eigenvalue weighted by atomic mass is 10.2. The molecule has 0 aliphatic carbocycles. The molecule has 1 heterocycles. The second-order valence-electron chi connectivity index (χ2n) is 3.39. The molecule has 80 valence electrons. The van der Waals surface area contributed by atoms with Crippen LogP contribution < -0.4 is 15.2 Å². The Hall–Kier alpha value is -1.48. The van der Waals surface area contributed by atoms with Gasteiger partial charge in [-0.1, -0.05) is 18.2 Å². The van der Waals surface area contributed by atoms with Gasteiger partial charge in [-0.05, 0) is 17.7 Å². The summed E-state index contributed by atoms with van der Waals surface area (Å²) in [7, 11) is 0. The van der Waals surface area contributed by atoms with Gasteiger partial charge in [0, 0.05) is 13.0 Å². The number of rotatable bonds is 2. The molecule has 3 nitrogen and oxygen atoms in total. The van der Waals surface area contributed by atoms with E-state index in [4.69, 9.17) is 15.2 Å². The molecule has 0 radical (unpaired) electrons. The zero-order valence-corrected chi connectivity index (χ0v) is 8.61. The Balaban J connectivity index is 2.23. The summed E-state index contributed by atoms with van der Waals surface area (Å²) in [6, 6.07) is 5.92. The highest BCUT2D eigenvalue weighted by Gasteiger charge is 2.09. The van der Waals surface area contributed by atoms with E-state index in [2.05, 4.69) is 0 Å². The molecule has 0 aromatic heterocycles. The van der Waals surface area contributed by atoms with E-state index in [0.717, 1.165) is 36.7 Å². The van der Waals surface area contributed by atoms with Gasteiger partial charge in [-0.3, -0.25) is 0 Å². The van der Waals surface area contributed by atoms with Crippen LogP contribution in [0.4, 0.5) is 0 Å². The van der Waals surface area contributed by atoms with Crippen molar-refractivity contribution in [2.24, 2.45) is 5.73 Å². The molecule has 0 unspecified atom stereocenters. The summed E-state index contributed by atoms with van der Waals surface area (Å²) < 4.78 is 11.1. The van der Waals surface area contributed by atoms with Gasteiger partial charge in [-0.2, -0.15) is 0 Å². The first-order chi connectivity index (χ1) is 7.40. The largest absolute Gasteiger partial charge is 0.490 e. The van der Waals surface area contributed by atoms with Crippen LogP contribution in [0.25, 0.3) is 6.08 Å². The van der Waals surface area contributed by atoms with Crippen LogP contribution in [0.15, 0.2) is 24.3 Å². The number of benzene rings is 1. The van der Waals surface area contributed by atoms with E-state index in [9.17, 15) is 0 Å². The molecule has 2 N–H and O–H groups in total. The fourth-order valence-electron chi connectivity index (χ4n) is 1.49. The number of hydrogen-bond acceptors (Lipinski definition) is 3. The van der Waals surface area contributed by atoms with Gasteiger partial charge >= 0.3 is 0 Å². The average molecular weight is 205 g/mol. The maximum absolute atomic E-state index is 5.58. The smallest absolute Gasteiger partial charge is 0.161 e. The van der Waals surface area contributed by atoms with Crippen molar-refractivity contribution in [1.82, 2.24) is 0 Å². The van der Waals surface area contributed by atoms with Crippen molar-refractivity contribution in [2.45, 2.75) is 6.42 Å². The van der Waals surface area contributed by atoms with Crippen LogP contribution in [0.2, 0.25) is 0 Å².